The lowest BCUT2D eigenvalue weighted by Crippen LogP contribution is -2.54. The van der Waals surface area contributed by atoms with E-state index in [0.29, 0.717) is 34.8 Å². The van der Waals surface area contributed by atoms with Crippen LogP contribution in [-0.2, 0) is 28.3 Å². The molecule has 32 heavy (non-hydrogen) atoms. The maximum atomic E-state index is 6.71. The first kappa shape index (κ1) is 23.6. The number of benzene rings is 3. The quantitative estimate of drug-likeness (QED) is 0.389. The molecule has 0 spiro atoms. The van der Waals surface area contributed by atoms with E-state index in [4.69, 9.17) is 44.3 Å². The van der Waals surface area contributed by atoms with Gasteiger partial charge in [0.05, 0.1) is 23.3 Å². The highest BCUT2D eigenvalue weighted by atomic mass is 35.5. The Morgan fingerprint density at radius 2 is 1.59 bits per heavy atom. The molecule has 1 saturated heterocycles. The van der Waals surface area contributed by atoms with E-state index in [2.05, 4.69) is 36.5 Å². The second-order valence-electron chi connectivity index (χ2n) is 8.17. The van der Waals surface area contributed by atoms with Crippen LogP contribution in [0, 0.1) is 6.92 Å². The van der Waals surface area contributed by atoms with E-state index in [1.165, 1.54) is 5.56 Å². The van der Waals surface area contributed by atoms with Crippen molar-refractivity contribution in [2.24, 2.45) is 0 Å². The minimum Gasteiger partial charge on any atom is -0.369 e. The van der Waals surface area contributed by atoms with Crippen molar-refractivity contribution < 1.29 is 9.47 Å². The van der Waals surface area contributed by atoms with Gasteiger partial charge in [0, 0.05) is 11.6 Å². The Hall–Kier alpha value is -1.59. The molecule has 1 heterocycles. The van der Waals surface area contributed by atoms with Crippen molar-refractivity contribution in [3.05, 3.63) is 104 Å². The monoisotopic (exact) mass is 489 g/mol. The molecule has 0 unspecified atom stereocenters. The zero-order valence-electron chi connectivity index (χ0n) is 17.9. The molecule has 1 N–H and O–H groups in total. The van der Waals surface area contributed by atoms with Gasteiger partial charge in [-0.3, -0.25) is 0 Å². The molecule has 0 bridgehead atoms. The number of nitrogens with one attached hydrogen (secondary N) is 1. The van der Waals surface area contributed by atoms with Crippen LogP contribution in [0.4, 0.5) is 0 Å². The van der Waals surface area contributed by atoms with E-state index in [9.17, 15) is 0 Å². The fraction of sp³-hybridized carbons (Fsp3) is 0.308. The third-order valence-corrected chi connectivity index (χ3v) is 6.90. The Bertz CT molecular complexity index is 1040. The Morgan fingerprint density at radius 1 is 0.875 bits per heavy atom. The largest absolute Gasteiger partial charge is 0.369 e. The van der Waals surface area contributed by atoms with Gasteiger partial charge in [-0.2, -0.15) is 0 Å². The summed E-state index contributed by atoms with van der Waals surface area (Å²) in [6.07, 6.45) is 0.587. The van der Waals surface area contributed by atoms with E-state index in [0.717, 1.165) is 29.7 Å². The molecule has 1 fully saturated rings. The Morgan fingerprint density at radius 3 is 2.31 bits per heavy atom. The third-order valence-electron chi connectivity index (χ3n) is 5.91. The van der Waals surface area contributed by atoms with Crippen LogP contribution in [0.25, 0.3) is 0 Å². The van der Waals surface area contributed by atoms with Crippen molar-refractivity contribution in [1.82, 2.24) is 5.32 Å². The van der Waals surface area contributed by atoms with Crippen molar-refractivity contribution in [2.45, 2.75) is 38.3 Å². The highest BCUT2D eigenvalue weighted by Gasteiger charge is 2.44. The van der Waals surface area contributed by atoms with Crippen molar-refractivity contribution in [2.75, 3.05) is 13.1 Å². The molecule has 4 rings (SSSR count). The maximum absolute atomic E-state index is 6.71. The SMILES string of the molecule is Cc1ccc(CO[C@]2(c3ccc(Cl)cc3)CCNC[C@@H]2OCc2ccc(Cl)c(Cl)c2)cc1. The maximum Gasteiger partial charge on any atom is 0.122 e. The van der Waals surface area contributed by atoms with Crippen molar-refractivity contribution in [3.63, 3.8) is 0 Å². The summed E-state index contributed by atoms with van der Waals surface area (Å²) < 4.78 is 13.2. The molecular formula is C26H26Cl3NO2. The van der Waals surface area contributed by atoms with Gasteiger partial charge >= 0.3 is 0 Å². The van der Waals surface area contributed by atoms with Gasteiger partial charge in [-0.15, -0.1) is 0 Å². The molecule has 0 aromatic heterocycles. The minimum atomic E-state index is -0.600. The van der Waals surface area contributed by atoms with Gasteiger partial charge in [-0.25, -0.2) is 0 Å². The lowest BCUT2D eigenvalue weighted by molar-refractivity contribution is -0.176. The van der Waals surface area contributed by atoms with Crippen LogP contribution in [0.5, 0.6) is 0 Å². The van der Waals surface area contributed by atoms with Crippen molar-refractivity contribution >= 4 is 34.8 Å². The Kier molecular flexibility index (Phi) is 7.78. The van der Waals surface area contributed by atoms with Gasteiger partial charge < -0.3 is 14.8 Å². The highest BCUT2D eigenvalue weighted by molar-refractivity contribution is 6.42. The summed E-state index contributed by atoms with van der Waals surface area (Å²) in [5.41, 5.74) is 3.79. The summed E-state index contributed by atoms with van der Waals surface area (Å²) in [5.74, 6) is 0. The lowest BCUT2D eigenvalue weighted by Gasteiger charge is -2.44. The fourth-order valence-electron chi connectivity index (χ4n) is 4.06. The molecule has 3 aromatic carbocycles. The normalized spacial score (nSPS) is 20.9. The van der Waals surface area contributed by atoms with Crippen molar-refractivity contribution in [3.8, 4) is 0 Å². The smallest absolute Gasteiger partial charge is 0.122 e. The number of aryl methyl sites for hydroxylation is 1. The second kappa shape index (κ2) is 10.6. The van der Waals surface area contributed by atoms with Crippen LogP contribution >= 0.6 is 34.8 Å². The summed E-state index contributed by atoms with van der Waals surface area (Å²) in [6.45, 7) is 4.50. The number of halogens is 3. The Balaban J connectivity index is 1.60. The van der Waals surface area contributed by atoms with Gasteiger partial charge in [-0.1, -0.05) is 82.8 Å². The van der Waals surface area contributed by atoms with Crippen LogP contribution in [0.2, 0.25) is 15.1 Å². The summed E-state index contributed by atoms with van der Waals surface area (Å²) in [6, 6.07) is 21.9. The summed E-state index contributed by atoms with van der Waals surface area (Å²) >= 11 is 18.4. The van der Waals surface area contributed by atoms with Crippen molar-refractivity contribution in [1.29, 1.82) is 0 Å². The molecular weight excluding hydrogens is 465 g/mol. The topological polar surface area (TPSA) is 30.5 Å². The van der Waals surface area contributed by atoms with E-state index in [1.54, 1.807) is 6.07 Å². The van der Waals surface area contributed by atoms with Crippen LogP contribution in [0.1, 0.15) is 28.7 Å². The highest BCUT2D eigenvalue weighted by Crippen LogP contribution is 2.39. The first-order valence-electron chi connectivity index (χ1n) is 10.7. The van der Waals surface area contributed by atoms with Crippen LogP contribution in [-0.4, -0.2) is 19.2 Å². The molecule has 1 aliphatic rings. The summed E-state index contributed by atoms with van der Waals surface area (Å²) in [4.78, 5) is 0. The number of hydrogen-bond acceptors (Lipinski definition) is 3. The molecule has 0 saturated carbocycles. The zero-order chi connectivity index (χ0) is 22.6. The molecule has 6 heteroatoms. The number of ether oxygens (including phenoxy) is 2. The zero-order valence-corrected chi connectivity index (χ0v) is 20.2. The predicted molar refractivity (Wildman–Crippen MR) is 132 cm³/mol. The molecule has 0 aliphatic carbocycles. The average Bonchev–Trinajstić information content (AvgIpc) is 2.80. The number of rotatable bonds is 7. The van der Waals surface area contributed by atoms with Crippen LogP contribution in [0.15, 0.2) is 66.7 Å². The molecule has 2 atom stereocenters. The van der Waals surface area contributed by atoms with Gasteiger partial charge in [-0.05, 0) is 60.8 Å². The number of hydrogen-bond donors (Lipinski definition) is 1. The molecule has 3 nitrogen and oxygen atoms in total. The lowest BCUT2D eigenvalue weighted by atomic mass is 9.82. The third kappa shape index (κ3) is 5.48. The van der Waals surface area contributed by atoms with Gasteiger partial charge in [0.15, 0.2) is 0 Å². The standard InChI is InChI=1S/C26H26Cl3NO2/c1-18-2-4-19(5-3-18)17-32-26(21-7-9-22(27)10-8-21)12-13-30-15-25(26)31-16-20-6-11-23(28)24(29)14-20/h2-11,14,25,30H,12-13,15-17H2,1H3/t25-,26-/m0/s1. The minimum absolute atomic E-state index is 0.197. The predicted octanol–water partition coefficient (Wildman–Crippen LogP) is 6.95. The van der Waals surface area contributed by atoms with Crippen LogP contribution in [0.3, 0.4) is 0 Å². The van der Waals surface area contributed by atoms with E-state index < -0.39 is 5.60 Å². The van der Waals surface area contributed by atoms with Gasteiger partial charge in [0.1, 0.15) is 11.7 Å². The fourth-order valence-corrected chi connectivity index (χ4v) is 4.51. The van der Waals surface area contributed by atoms with E-state index in [-0.39, 0.29) is 6.10 Å². The summed E-state index contributed by atoms with van der Waals surface area (Å²) in [7, 11) is 0. The van der Waals surface area contributed by atoms with Gasteiger partial charge in [0.2, 0.25) is 0 Å². The average molecular weight is 491 g/mol. The second-order valence-corrected chi connectivity index (χ2v) is 9.42. The molecule has 168 valence electrons. The summed E-state index contributed by atoms with van der Waals surface area (Å²) in [5, 5.41) is 5.21. The number of piperidine rings is 1. The van der Waals surface area contributed by atoms with Crippen LogP contribution < -0.4 is 5.32 Å². The Labute approximate surface area is 204 Å². The molecule has 3 aromatic rings. The van der Waals surface area contributed by atoms with Gasteiger partial charge in [0.25, 0.3) is 0 Å². The molecule has 1 aliphatic heterocycles. The molecule has 0 amide bonds. The molecule has 0 radical (unpaired) electrons. The first-order valence-corrected chi connectivity index (χ1v) is 11.8. The first-order chi connectivity index (χ1) is 15.5. The van der Waals surface area contributed by atoms with E-state index >= 15 is 0 Å². The van der Waals surface area contributed by atoms with E-state index in [1.807, 2.05) is 36.4 Å².